The lowest BCUT2D eigenvalue weighted by Gasteiger charge is -2.43. The Labute approximate surface area is 145 Å². The van der Waals surface area contributed by atoms with Crippen molar-refractivity contribution in [2.75, 3.05) is 0 Å². The molecule has 2 N–H and O–H groups in total. The highest BCUT2D eigenvalue weighted by Gasteiger charge is 2.43. The summed E-state index contributed by atoms with van der Waals surface area (Å²) in [7, 11) is 0. The van der Waals surface area contributed by atoms with Crippen molar-refractivity contribution in [2.45, 2.75) is 91.3 Å². The van der Waals surface area contributed by atoms with Crippen molar-refractivity contribution in [3.63, 3.8) is 0 Å². The number of hydrogen-bond acceptors (Lipinski definition) is 4. The molecule has 24 heavy (non-hydrogen) atoms. The fourth-order valence-corrected chi connectivity index (χ4v) is 3.25. The smallest absolute Gasteiger partial charge is 0.431 e. The van der Waals surface area contributed by atoms with Crippen LogP contribution < -0.4 is 5.48 Å². The van der Waals surface area contributed by atoms with Crippen LogP contribution in [0.2, 0.25) is 0 Å². The van der Waals surface area contributed by atoms with E-state index in [4.69, 9.17) is 9.57 Å². The molecule has 0 atom stereocenters. The highest BCUT2D eigenvalue weighted by molar-refractivity contribution is 5.68. The Hall–Kier alpha value is -1.30. The van der Waals surface area contributed by atoms with Gasteiger partial charge in [-0.05, 0) is 57.8 Å². The van der Waals surface area contributed by atoms with Crippen LogP contribution >= 0.6 is 0 Å². The zero-order chi connectivity index (χ0) is 18.6. The van der Waals surface area contributed by atoms with Gasteiger partial charge in [0.2, 0.25) is 0 Å². The molecule has 140 valence electrons. The van der Waals surface area contributed by atoms with Gasteiger partial charge in [-0.15, -0.1) is 0 Å². The van der Waals surface area contributed by atoms with Crippen molar-refractivity contribution in [3.8, 4) is 0 Å². The van der Waals surface area contributed by atoms with Gasteiger partial charge in [-0.3, -0.25) is 9.63 Å². The maximum absolute atomic E-state index is 11.8. The third-order valence-electron chi connectivity index (χ3n) is 5.14. The first kappa shape index (κ1) is 20.7. The number of amides is 1. The first-order chi connectivity index (χ1) is 10.9. The second kappa shape index (κ2) is 7.72. The van der Waals surface area contributed by atoms with Crippen molar-refractivity contribution in [2.24, 2.45) is 11.3 Å². The summed E-state index contributed by atoms with van der Waals surface area (Å²) < 4.78 is 5.15. The lowest BCUT2D eigenvalue weighted by Crippen LogP contribution is -2.47. The van der Waals surface area contributed by atoms with Crippen LogP contribution in [0.5, 0.6) is 0 Å². The SMILES string of the molecule is CCC(C)(C)C1CCC(CC(=O)O)(ONC(=O)OC(C)(C)C)CC1. The molecule has 1 saturated carbocycles. The monoisotopic (exact) mass is 343 g/mol. The van der Waals surface area contributed by atoms with E-state index < -0.39 is 23.3 Å². The summed E-state index contributed by atoms with van der Waals surface area (Å²) in [4.78, 5) is 28.6. The van der Waals surface area contributed by atoms with Gasteiger partial charge in [0.25, 0.3) is 0 Å². The highest BCUT2D eigenvalue weighted by Crippen LogP contribution is 2.45. The predicted octanol–water partition coefficient (Wildman–Crippen LogP) is 4.28. The molecular formula is C18H33NO5. The average Bonchev–Trinajstić information content (AvgIpc) is 2.43. The van der Waals surface area contributed by atoms with Gasteiger partial charge in [0, 0.05) is 0 Å². The molecule has 0 heterocycles. The number of hydrogen-bond donors (Lipinski definition) is 2. The van der Waals surface area contributed by atoms with Gasteiger partial charge in [0.05, 0.1) is 6.42 Å². The minimum Gasteiger partial charge on any atom is -0.481 e. The molecule has 1 amide bonds. The second-order valence-electron chi connectivity index (χ2n) is 8.58. The van der Waals surface area contributed by atoms with E-state index in [2.05, 4.69) is 26.3 Å². The molecule has 0 aromatic carbocycles. The molecule has 6 heteroatoms. The van der Waals surface area contributed by atoms with Crippen molar-refractivity contribution in [1.82, 2.24) is 5.48 Å². The van der Waals surface area contributed by atoms with Crippen LogP contribution in [0.3, 0.4) is 0 Å². The van der Waals surface area contributed by atoms with E-state index >= 15 is 0 Å². The number of carbonyl (C=O) groups is 2. The van der Waals surface area contributed by atoms with Crippen molar-refractivity contribution in [3.05, 3.63) is 0 Å². The molecule has 1 aliphatic carbocycles. The molecule has 0 aromatic heterocycles. The van der Waals surface area contributed by atoms with E-state index in [1.54, 1.807) is 20.8 Å². The molecule has 1 fully saturated rings. The Morgan fingerprint density at radius 2 is 1.71 bits per heavy atom. The van der Waals surface area contributed by atoms with E-state index in [-0.39, 0.29) is 11.8 Å². The van der Waals surface area contributed by atoms with Crippen LogP contribution in [0.15, 0.2) is 0 Å². The van der Waals surface area contributed by atoms with Crippen LogP contribution in [0.4, 0.5) is 4.79 Å². The zero-order valence-corrected chi connectivity index (χ0v) is 15.9. The lowest BCUT2D eigenvalue weighted by atomic mass is 9.66. The summed E-state index contributed by atoms with van der Waals surface area (Å²) >= 11 is 0. The second-order valence-corrected chi connectivity index (χ2v) is 8.58. The Kier molecular flexibility index (Phi) is 6.67. The summed E-state index contributed by atoms with van der Waals surface area (Å²) in [6.07, 6.45) is 3.28. The van der Waals surface area contributed by atoms with Crippen molar-refractivity contribution in [1.29, 1.82) is 0 Å². The zero-order valence-electron chi connectivity index (χ0n) is 15.9. The number of aliphatic carboxylic acids is 1. The van der Waals surface area contributed by atoms with Crippen LogP contribution in [0, 0.1) is 11.3 Å². The summed E-state index contributed by atoms with van der Waals surface area (Å²) in [5, 5.41) is 9.23. The maximum atomic E-state index is 11.8. The van der Waals surface area contributed by atoms with Crippen LogP contribution in [0.25, 0.3) is 0 Å². The molecule has 0 unspecified atom stereocenters. The maximum Gasteiger partial charge on any atom is 0.431 e. The number of ether oxygens (including phenoxy) is 1. The van der Waals surface area contributed by atoms with E-state index in [0.717, 1.165) is 19.3 Å². The number of hydroxylamine groups is 1. The number of nitrogens with one attached hydrogen (secondary N) is 1. The fourth-order valence-electron chi connectivity index (χ4n) is 3.25. The van der Waals surface area contributed by atoms with E-state index in [9.17, 15) is 14.7 Å². The van der Waals surface area contributed by atoms with Crippen molar-refractivity contribution < 1.29 is 24.3 Å². The Morgan fingerprint density at radius 3 is 2.12 bits per heavy atom. The Morgan fingerprint density at radius 1 is 1.17 bits per heavy atom. The molecule has 0 radical (unpaired) electrons. The van der Waals surface area contributed by atoms with Crippen LogP contribution in [-0.2, 0) is 14.4 Å². The van der Waals surface area contributed by atoms with Crippen molar-refractivity contribution >= 4 is 12.1 Å². The number of rotatable bonds is 6. The predicted molar refractivity (Wildman–Crippen MR) is 91.5 cm³/mol. The van der Waals surface area contributed by atoms with Gasteiger partial charge in [-0.25, -0.2) is 4.79 Å². The van der Waals surface area contributed by atoms with E-state index in [1.807, 2.05) is 0 Å². The molecule has 0 bridgehead atoms. The van der Waals surface area contributed by atoms with Crippen LogP contribution in [-0.4, -0.2) is 28.4 Å². The molecule has 0 saturated heterocycles. The minimum atomic E-state index is -0.922. The van der Waals surface area contributed by atoms with Crippen LogP contribution in [0.1, 0.15) is 80.1 Å². The lowest BCUT2D eigenvalue weighted by molar-refractivity contribution is -0.162. The minimum absolute atomic E-state index is 0.123. The van der Waals surface area contributed by atoms with Gasteiger partial charge in [-0.2, -0.15) is 5.48 Å². The van der Waals surface area contributed by atoms with E-state index in [0.29, 0.717) is 18.8 Å². The Bertz CT molecular complexity index is 445. The summed E-state index contributed by atoms with van der Waals surface area (Å²) in [6, 6.07) is 0. The molecule has 0 aromatic rings. The third-order valence-corrected chi connectivity index (χ3v) is 5.14. The van der Waals surface area contributed by atoms with Gasteiger partial charge in [-0.1, -0.05) is 27.2 Å². The molecule has 1 rings (SSSR count). The standard InChI is InChI=1S/C18H33NO5/c1-7-17(5,6)13-8-10-18(11-9-13,12-14(20)21)24-19-15(22)23-16(2,3)4/h13H,7-12H2,1-6H3,(H,19,22)(H,20,21). The highest BCUT2D eigenvalue weighted by atomic mass is 16.7. The topological polar surface area (TPSA) is 84.9 Å². The fraction of sp³-hybridized carbons (Fsp3) is 0.889. The summed E-state index contributed by atoms with van der Waals surface area (Å²) in [5.74, 6) is -0.385. The molecular weight excluding hydrogens is 310 g/mol. The quantitative estimate of drug-likeness (QED) is 0.703. The molecule has 0 spiro atoms. The Balaban J connectivity index is 2.69. The first-order valence-electron chi connectivity index (χ1n) is 8.78. The first-order valence-corrected chi connectivity index (χ1v) is 8.78. The van der Waals surface area contributed by atoms with Gasteiger partial charge in [0.15, 0.2) is 0 Å². The largest absolute Gasteiger partial charge is 0.481 e. The van der Waals surface area contributed by atoms with Gasteiger partial charge >= 0.3 is 12.1 Å². The van der Waals surface area contributed by atoms with Gasteiger partial charge < -0.3 is 9.84 Å². The molecule has 0 aliphatic heterocycles. The number of carbonyl (C=O) groups excluding carboxylic acids is 1. The van der Waals surface area contributed by atoms with E-state index in [1.165, 1.54) is 0 Å². The summed E-state index contributed by atoms with van der Waals surface area (Å²) in [6.45, 7) is 12.0. The number of carboxylic acid groups (broad SMARTS) is 1. The third kappa shape index (κ3) is 6.30. The molecule has 1 aliphatic rings. The summed E-state index contributed by atoms with van der Waals surface area (Å²) in [5.41, 5.74) is 1.04. The molecule has 6 nitrogen and oxygen atoms in total. The average molecular weight is 343 g/mol. The normalized spacial score (nSPS) is 25.2. The number of carboxylic acids is 1. The van der Waals surface area contributed by atoms with Gasteiger partial charge in [0.1, 0.15) is 11.2 Å².